The van der Waals surface area contributed by atoms with Crippen LogP contribution in [0.25, 0.3) is 0 Å². The molecule has 2 saturated heterocycles. The Morgan fingerprint density at radius 3 is 2.50 bits per heavy atom. The van der Waals surface area contributed by atoms with E-state index < -0.39 is 0 Å². The van der Waals surface area contributed by atoms with Crippen LogP contribution in [0.4, 0.5) is 5.82 Å². The average Bonchev–Trinajstić information content (AvgIpc) is 2.66. The number of aromatic nitrogens is 2. The van der Waals surface area contributed by atoms with E-state index in [0.29, 0.717) is 17.7 Å². The van der Waals surface area contributed by atoms with Gasteiger partial charge in [-0.1, -0.05) is 0 Å². The van der Waals surface area contributed by atoms with Gasteiger partial charge < -0.3 is 9.80 Å². The van der Waals surface area contributed by atoms with E-state index in [2.05, 4.69) is 28.9 Å². The van der Waals surface area contributed by atoms with Crippen LogP contribution in [0, 0.1) is 19.3 Å². The molecule has 1 aromatic rings. The maximum Gasteiger partial charge on any atom is 0.222 e. The molecule has 2 fully saturated rings. The summed E-state index contributed by atoms with van der Waals surface area (Å²) in [6.07, 6.45) is 7.03. The molecule has 22 heavy (non-hydrogen) atoms. The number of hydrogen-bond donors (Lipinski definition) is 0. The third-order valence-corrected chi connectivity index (χ3v) is 5.73. The van der Waals surface area contributed by atoms with Crippen LogP contribution in [0.15, 0.2) is 6.20 Å². The van der Waals surface area contributed by atoms with Gasteiger partial charge in [-0.05, 0) is 56.1 Å². The van der Waals surface area contributed by atoms with E-state index in [-0.39, 0.29) is 0 Å². The first-order valence-corrected chi connectivity index (χ1v) is 8.29. The molecular formula is C17H26N4O. The van der Waals surface area contributed by atoms with E-state index >= 15 is 0 Å². The zero-order valence-corrected chi connectivity index (χ0v) is 13.9. The summed E-state index contributed by atoms with van der Waals surface area (Å²) in [7, 11) is 1.93. The van der Waals surface area contributed by atoms with E-state index in [1.54, 1.807) is 0 Å². The molecule has 0 radical (unpaired) electrons. The van der Waals surface area contributed by atoms with Gasteiger partial charge in [-0.25, -0.2) is 0 Å². The summed E-state index contributed by atoms with van der Waals surface area (Å²) in [4.78, 5) is 16.2. The van der Waals surface area contributed by atoms with Crippen LogP contribution in [0.3, 0.4) is 0 Å². The summed E-state index contributed by atoms with van der Waals surface area (Å²) >= 11 is 0. The largest absolute Gasteiger partial charge is 0.355 e. The molecule has 120 valence electrons. The quantitative estimate of drug-likeness (QED) is 0.799. The molecule has 1 aromatic heterocycles. The molecule has 0 bridgehead atoms. The Labute approximate surface area is 132 Å². The molecule has 2 aliphatic rings. The molecule has 5 heteroatoms. The summed E-state index contributed by atoms with van der Waals surface area (Å²) < 4.78 is 0. The van der Waals surface area contributed by atoms with Gasteiger partial charge in [-0.2, -0.15) is 5.10 Å². The van der Waals surface area contributed by atoms with Crippen molar-refractivity contribution in [1.29, 1.82) is 0 Å². The number of piperidine rings is 1. The molecule has 3 rings (SSSR count). The summed E-state index contributed by atoms with van der Waals surface area (Å²) in [6, 6.07) is 0. The van der Waals surface area contributed by atoms with Crippen molar-refractivity contribution in [2.24, 2.45) is 5.41 Å². The van der Waals surface area contributed by atoms with Gasteiger partial charge in [-0.3, -0.25) is 4.79 Å². The second-order valence-corrected chi connectivity index (χ2v) is 7.03. The third-order valence-electron chi connectivity index (χ3n) is 5.73. The first-order valence-electron chi connectivity index (χ1n) is 8.29. The van der Waals surface area contributed by atoms with Gasteiger partial charge in [0.15, 0.2) is 5.82 Å². The zero-order valence-electron chi connectivity index (χ0n) is 13.9. The van der Waals surface area contributed by atoms with Crippen LogP contribution >= 0.6 is 0 Å². The maximum absolute atomic E-state index is 11.9. The number of carbonyl (C=O) groups is 1. The van der Waals surface area contributed by atoms with E-state index in [9.17, 15) is 4.79 Å². The summed E-state index contributed by atoms with van der Waals surface area (Å²) in [5.41, 5.74) is 2.79. The Hall–Kier alpha value is -1.65. The lowest BCUT2D eigenvalue weighted by Crippen LogP contribution is -2.41. The SMILES string of the molecule is Cc1cnnc(N2CCC3(CCC(=O)N(C)CC3)CC2)c1C. The molecule has 0 aromatic carbocycles. The van der Waals surface area contributed by atoms with Crippen molar-refractivity contribution in [3.63, 3.8) is 0 Å². The minimum absolute atomic E-state index is 0.305. The van der Waals surface area contributed by atoms with Gasteiger partial charge in [0.05, 0.1) is 6.20 Å². The lowest BCUT2D eigenvalue weighted by molar-refractivity contribution is -0.129. The first kappa shape index (κ1) is 15.3. The fraction of sp³-hybridized carbons (Fsp3) is 0.706. The first-order chi connectivity index (χ1) is 10.5. The second-order valence-electron chi connectivity index (χ2n) is 7.03. The summed E-state index contributed by atoms with van der Waals surface area (Å²) in [6.45, 7) is 7.17. The highest BCUT2D eigenvalue weighted by atomic mass is 16.2. The minimum Gasteiger partial charge on any atom is -0.355 e. The number of hydrogen-bond acceptors (Lipinski definition) is 4. The van der Waals surface area contributed by atoms with Crippen molar-refractivity contribution >= 4 is 11.7 Å². The van der Waals surface area contributed by atoms with Crippen molar-refractivity contribution in [1.82, 2.24) is 15.1 Å². The fourth-order valence-corrected chi connectivity index (χ4v) is 3.73. The molecule has 3 heterocycles. The van der Waals surface area contributed by atoms with E-state index in [0.717, 1.165) is 51.1 Å². The Bertz CT molecular complexity index is 564. The Kier molecular flexibility index (Phi) is 4.06. The zero-order chi connectivity index (χ0) is 15.7. The van der Waals surface area contributed by atoms with Gasteiger partial charge in [0.1, 0.15) is 0 Å². The third kappa shape index (κ3) is 2.81. The maximum atomic E-state index is 11.9. The number of aryl methyl sites for hydroxylation is 1. The Balaban J connectivity index is 1.70. The fourth-order valence-electron chi connectivity index (χ4n) is 3.73. The molecule has 0 unspecified atom stereocenters. The highest BCUT2D eigenvalue weighted by Crippen LogP contribution is 2.42. The smallest absolute Gasteiger partial charge is 0.222 e. The van der Waals surface area contributed by atoms with Gasteiger partial charge in [0.2, 0.25) is 5.91 Å². The molecule has 0 N–H and O–H groups in total. The van der Waals surface area contributed by atoms with Gasteiger partial charge in [0.25, 0.3) is 0 Å². The second kappa shape index (κ2) is 5.86. The van der Waals surface area contributed by atoms with Crippen LogP contribution in [0.5, 0.6) is 0 Å². The van der Waals surface area contributed by atoms with Crippen LogP contribution in [0.2, 0.25) is 0 Å². The molecule has 5 nitrogen and oxygen atoms in total. The number of carbonyl (C=O) groups excluding carboxylic acids is 1. The lowest BCUT2D eigenvalue weighted by atomic mass is 9.73. The predicted octanol–water partition coefficient (Wildman–Crippen LogP) is 2.32. The van der Waals surface area contributed by atoms with E-state index in [4.69, 9.17) is 0 Å². The summed E-state index contributed by atoms with van der Waals surface area (Å²) in [5, 5.41) is 8.47. The summed E-state index contributed by atoms with van der Waals surface area (Å²) in [5.74, 6) is 1.34. The lowest BCUT2D eigenvalue weighted by Gasteiger charge is -2.42. The average molecular weight is 302 g/mol. The molecule has 1 amide bonds. The van der Waals surface area contributed by atoms with Crippen molar-refractivity contribution in [2.75, 3.05) is 31.6 Å². The van der Waals surface area contributed by atoms with Crippen molar-refractivity contribution < 1.29 is 4.79 Å². The molecule has 0 atom stereocenters. The molecular weight excluding hydrogens is 276 g/mol. The van der Waals surface area contributed by atoms with Gasteiger partial charge in [-0.15, -0.1) is 5.10 Å². The highest BCUT2D eigenvalue weighted by molar-refractivity contribution is 5.76. The Morgan fingerprint density at radius 1 is 1.09 bits per heavy atom. The van der Waals surface area contributed by atoms with Gasteiger partial charge >= 0.3 is 0 Å². The van der Waals surface area contributed by atoms with Crippen LogP contribution < -0.4 is 4.90 Å². The number of nitrogens with zero attached hydrogens (tertiary/aromatic N) is 4. The molecule has 0 aliphatic carbocycles. The van der Waals surface area contributed by atoms with E-state index in [1.807, 2.05) is 18.1 Å². The van der Waals surface area contributed by atoms with Crippen LogP contribution in [-0.2, 0) is 4.79 Å². The number of rotatable bonds is 1. The number of likely N-dealkylation sites (tertiary alicyclic amines) is 1. The van der Waals surface area contributed by atoms with Crippen LogP contribution in [0.1, 0.15) is 43.2 Å². The van der Waals surface area contributed by atoms with Crippen molar-refractivity contribution in [3.05, 3.63) is 17.3 Å². The molecule has 0 saturated carbocycles. The van der Waals surface area contributed by atoms with Crippen LogP contribution in [-0.4, -0.2) is 47.7 Å². The standard InChI is InChI=1S/C17H26N4O/c1-13-12-18-19-16(14(13)2)21-10-7-17(8-11-21)5-4-15(22)20(3)9-6-17/h12H,4-11H2,1-3H3. The van der Waals surface area contributed by atoms with E-state index in [1.165, 1.54) is 11.1 Å². The molecule has 1 spiro atoms. The topological polar surface area (TPSA) is 49.3 Å². The normalized spacial score (nSPS) is 22.0. The minimum atomic E-state index is 0.305. The Morgan fingerprint density at radius 2 is 1.77 bits per heavy atom. The number of amides is 1. The predicted molar refractivity (Wildman–Crippen MR) is 86.9 cm³/mol. The monoisotopic (exact) mass is 302 g/mol. The van der Waals surface area contributed by atoms with Gasteiger partial charge in [0, 0.05) is 33.1 Å². The van der Waals surface area contributed by atoms with Crippen molar-refractivity contribution in [3.8, 4) is 0 Å². The van der Waals surface area contributed by atoms with Crippen molar-refractivity contribution in [2.45, 2.75) is 46.0 Å². The number of anilines is 1. The molecule has 2 aliphatic heterocycles. The highest BCUT2D eigenvalue weighted by Gasteiger charge is 2.37.